The lowest BCUT2D eigenvalue weighted by Crippen LogP contribution is -2.51. The highest BCUT2D eigenvalue weighted by atomic mass is 15.3. The van der Waals surface area contributed by atoms with Crippen LogP contribution in [0, 0.1) is 11.3 Å². The summed E-state index contributed by atoms with van der Waals surface area (Å²) >= 11 is 0. The third-order valence-electron chi connectivity index (χ3n) is 4.94. The zero-order chi connectivity index (χ0) is 15.3. The second kappa shape index (κ2) is 7.94. The molecular formula is C18H37N3. The van der Waals surface area contributed by atoms with Crippen molar-refractivity contribution in [1.82, 2.24) is 15.1 Å². The monoisotopic (exact) mass is 295 g/mol. The minimum atomic E-state index is 0.456. The second-order valence-electron chi connectivity index (χ2n) is 8.19. The summed E-state index contributed by atoms with van der Waals surface area (Å²) in [5, 5.41) is 3.77. The maximum absolute atomic E-state index is 3.77. The van der Waals surface area contributed by atoms with Crippen molar-refractivity contribution in [3.8, 4) is 0 Å². The van der Waals surface area contributed by atoms with Crippen LogP contribution in [0.4, 0.5) is 0 Å². The van der Waals surface area contributed by atoms with Crippen LogP contribution in [-0.4, -0.2) is 61.7 Å². The molecule has 1 N–H and O–H groups in total. The Kier molecular flexibility index (Phi) is 6.51. The molecule has 2 rings (SSSR count). The molecule has 1 saturated carbocycles. The predicted octanol–water partition coefficient (Wildman–Crippen LogP) is 2.82. The first kappa shape index (κ1) is 17.2. The highest BCUT2D eigenvalue weighted by Crippen LogP contribution is 2.27. The summed E-state index contributed by atoms with van der Waals surface area (Å²) in [4.78, 5) is 5.35. The minimum absolute atomic E-state index is 0.456. The van der Waals surface area contributed by atoms with Gasteiger partial charge in [0.1, 0.15) is 0 Å². The van der Waals surface area contributed by atoms with Crippen molar-refractivity contribution in [2.24, 2.45) is 11.3 Å². The fourth-order valence-corrected chi connectivity index (χ4v) is 3.69. The van der Waals surface area contributed by atoms with Crippen LogP contribution in [0.1, 0.15) is 53.4 Å². The average molecular weight is 296 g/mol. The summed E-state index contributed by atoms with van der Waals surface area (Å²) in [6.07, 6.45) is 5.45. The van der Waals surface area contributed by atoms with Gasteiger partial charge in [0.05, 0.1) is 0 Å². The van der Waals surface area contributed by atoms with Crippen LogP contribution in [0.5, 0.6) is 0 Å². The van der Waals surface area contributed by atoms with Crippen LogP contribution < -0.4 is 5.32 Å². The maximum atomic E-state index is 3.77. The Balaban J connectivity index is 1.75. The second-order valence-corrected chi connectivity index (χ2v) is 8.19. The number of nitrogens with one attached hydrogen (secondary N) is 1. The molecule has 1 atom stereocenters. The summed E-state index contributed by atoms with van der Waals surface area (Å²) in [5.74, 6) is 0.796. The standard InChI is InChI=1S/C18H37N3/c1-5-8-18(4,14-19-17-6-7-17)15-21-11-9-20(10-12-21)13-16(2)3/h16-17,19H,5-15H2,1-4H3. The van der Waals surface area contributed by atoms with Crippen molar-refractivity contribution in [1.29, 1.82) is 0 Å². The Morgan fingerprint density at radius 3 is 2.24 bits per heavy atom. The van der Waals surface area contributed by atoms with Gasteiger partial charge in [-0.15, -0.1) is 0 Å². The van der Waals surface area contributed by atoms with Gasteiger partial charge in [0.25, 0.3) is 0 Å². The molecule has 1 heterocycles. The van der Waals surface area contributed by atoms with Crippen molar-refractivity contribution in [3.63, 3.8) is 0 Å². The van der Waals surface area contributed by atoms with Gasteiger partial charge in [-0.1, -0.05) is 34.1 Å². The van der Waals surface area contributed by atoms with Gasteiger partial charge >= 0.3 is 0 Å². The Morgan fingerprint density at radius 2 is 1.71 bits per heavy atom. The molecule has 3 nitrogen and oxygen atoms in total. The van der Waals surface area contributed by atoms with E-state index < -0.39 is 0 Å². The van der Waals surface area contributed by atoms with E-state index in [9.17, 15) is 0 Å². The predicted molar refractivity (Wildman–Crippen MR) is 91.8 cm³/mol. The maximum Gasteiger partial charge on any atom is 0.0110 e. The topological polar surface area (TPSA) is 18.5 Å². The van der Waals surface area contributed by atoms with Crippen molar-refractivity contribution in [2.45, 2.75) is 59.4 Å². The zero-order valence-electron chi connectivity index (χ0n) is 14.8. The lowest BCUT2D eigenvalue weighted by Gasteiger charge is -2.41. The molecule has 21 heavy (non-hydrogen) atoms. The third-order valence-corrected chi connectivity index (χ3v) is 4.94. The summed E-state index contributed by atoms with van der Waals surface area (Å²) in [5.41, 5.74) is 0.456. The Labute approximate surface area is 132 Å². The molecule has 0 aromatic carbocycles. The van der Waals surface area contributed by atoms with E-state index >= 15 is 0 Å². The molecular weight excluding hydrogens is 258 g/mol. The SMILES string of the molecule is CCCC(C)(CNC1CC1)CN1CCN(CC(C)C)CC1. The highest BCUT2D eigenvalue weighted by molar-refractivity contribution is 4.88. The van der Waals surface area contributed by atoms with E-state index in [4.69, 9.17) is 0 Å². The average Bonchev–Trinajstić information content (AvgIpc) is 3.23. The molecule has 0 amide bonds. The molecule has 2 fully saturated rings. The molecule has 0 bridgehead atoms. The van der Waals surface area contributed by atoms with Gasteiger partial charge < -0.3 is 15.1 Å². The Morgan fingerprint density at radius 1 is 1.10 bits per heavy atom. The molecule has 0 spiro atoms. The number of hydrogen-bond donors (Lipinski definition) is 1. The summed E-state index contributed by atoms with van der Waals surface area (Å²) in [7, 11) is 0. The first-order valence-corrected chi connectivity index (χ1v) is 9.19. The van der Waals surface area contributed by atoms with Gasteiger partial charge in [0.2, 0.25) is 0 Å². The van der Waals surface area contributed by atoms with E-state index in [1.165, 1.54) is 71.5 Å². The first-order valence-electron chi connectivity index (χ1n) is 9.19. The molecule has 0 radical (unpaired) electrons. The summed E-state index contributed by atoms with van der Waals surface area (Å²) < 4.78 is 0. The lowest BCUT2D eigenvalue weighted by molar-refractivity contribution is 0.0803. The van der Waals surface area contributed by atoms with E-state index in [0.29, 0.717) is 5.41 Å². The van der Waals surface area contributed by atoms with E-state index in [1.54, 1.807) is 0 Å². The summed E-state index contributed by atoms with van der Waals surface area (Å²) in [6.45, 7) is 18.3. The lowest BCUT2D eigenvalue weighted by atomic mass is 9.84. The van der Waals surface area contributed by atoms with Crippen LogP contribution >= 0.6 is 0 Å². The highest BCUT2D eigenvalue weighted by Gasteiger charge is 2.30. The first-order chi connectivity index (χ1) is 10.0. The van der Waals surface area contributed by atoms with E-state index in [0.717, 1.165) is 12.0 Å². The molecule has 2 aliphatic rings. The molecule has 3 heteroatoms. The van der Waals surface area contributed by atoms with E-state index in [2.05, 4.69) is 42.8 Å². The molecule has 0 aromatic heterocycles. The number of rotatable bonds is 9. The van der Waals surface area contributed by atoms with Crippen molar-refractivity contribution >= 4 is 0 Å². The molecule has 1 unspecified atom stereocenters. The van der Waals surface area contributed by atoms with Crippen molar-refractivity contribution in [3.05, 3.63) is 0 Å². The van der Waals surface area contributed by atoms with Gasteiger partial charge in [0, 0.05) is 51.9 Å². The smallest absolute Gasteiger partial charge is 0.0110 e. The molecule has 124 valence electrons. The molecule has 1 aliphatic carbocycles. The number of hydrogen-bond acceptors (Lipinski definition) is 3. The quantitative estimate of drug-likeness (QED) is 0.706. The van der Waals surface area contributed by atoms with Gasteiger partial charge in [-0.25, -0.2) is 0 Å². The Hall–Kier alpha value is -0.120. The fourth-order valence-electron chi connectivity index (χ4n) is 3.69. The van der Waals surface area contributed by atoms with Crippen LogP contribution in [0.3, 0.4) is 0 Å². The Bertz CT molecular complexity index is 293. The number of piperazine rings is 1. The van der Waals surface area contributed by atoms with Gasteiger partial charge in [0.15, 0.2) is 0 Å². The van der Waals surface area contributed by atoms with E-state index in [1.807, 2.05) is 0 Å². The van der Waals surface area contributed by atoms with E-state index in [-0.39, 0.29) is 0 Å². The van der Waals surface area contributed by atoms with Crippen LogP contribution in [0.15, 0.2) is 0 Å². The molecule has 1 aliphatic heterocycles. The van der Waals surface area contributed by atoms with Crippen LogP contribution in [0.2, 0.25) is 0 Å². The van der Waals surface area contributed by atoms with Gasteiger partial charge in [-0.05, 0) is 30.6 Å². The largest absolute Gasteiger partial charge is 0.313 e. The molecule has 1 saturated heterocycles. The van der Waals surface area contributed by atoms with Gasteiger partial charge in [-0.3, -0.25) is 0 Å². The van der Waals surface area contributed by atoms with Crippen LogP contribution in [-0.2, 0) is 0 Å². The summed E-state index contributed by atoms with van der Waals surface area (Å²) in [6, 6.07) is 0.837. The van der Waals surface area contributed by atoms with Crippen molar-refractivity contribution in [2.75, 3.05) is 45.8 Å². The molecule has 0 aromatic rings. The fraction of sp³-hybridized carbons (Fsp3) is 1.00. The number of nitrogens with zero attached hydrogens (tertiary/aromatic N) is 2. The van der Waals surface area contributed by atoms with Crippen molar-refractivity contribution < 1.29 is 0 Å². The minimum Gasteiger partial charge on any atom is -0.313 e. The zero-order valence-corrected chi connectivity index (χ0v) is 14.8. The van der Waals surface area contributed by atoms with Gasteiger partial charge in [-0.2, -0.15) is 0 Å². The van der Waals surface area contributed by atoms with Crippen LogP contribution in [0.25, 0.3) is 0 Å². The normalized spacial score (nSPS) is 24.4. The third kappa shape index (κ3) is 6.25.